The average molecular weight is 420 g/mol. The minimum atomic E-state index is -4.34. The van der Waals surface area contributed by atoms with E-state index < -0.39 is 17.3 Å². The first-order chi connectivity index (χ1) is 14.3. The predicted octanol–water partition coefficient (Wildman–Crippen LogP) is 3.54. The van der Waals surface area contributed by atoms with Crippen LogP contribution in [0.3, 0.4) is 0 Å². The maximum atomic E-state index is 12.8. The van der Waals surface area contributed by atoms with Crippen LogP contribution in [-0.2, 0) is 21.3 Å². The highest BCUT2D eigenvalue weighted by Crippen LogP contribution is 2.33. The Morgan fingerprint density at radius 2 is 1.57 bits per heavy atom. The van der Waals surface area contributed by atoms with Crippen molar-refractivity contribution in [2.24, 2.45) is 0 Å². The van der Waals surface area contributed by atoms with E-state index in [1.807, 2.05) is 17.0 Å². The molecule has 0 N–H and O–H groups in total. The van der Waals surface area contributed by atoms with Gasteiger partial charge in [0.1, 0.15) is 5.60 Å². The van der Waals surface area contributed by atoms with Crippen LogP contribution in [0.25, 0.3) is 0 Å². The molecule has 2 fully saturated rings. The second-order valence-corrected chi connectivity index (χ2v) is 7.59. The lowest BCUT2D eigenvalue weighted by Gasteiger charge is -2.40. The van der Waals surface area contributed by atoms with Crippen LogP contribution in [0.5, 0.6) is 0 Å². The van der Waals surface area contributed by atoms with Crippen LogP contribution >= 0.6 is 0 Å². The van der Waals surface area contributed by atoms with E-state index in [9.17, 15) is 18.0 Å². The third-order valence-corrected chi connectivity index (χ3v) is 5.85. The quantitative estimate of drug-likeness (QED) is 0.759. The van der Waals surface area contributed by atoms with Gasteiger partial charge >= 0.3 is 6.18 Å². The van der Waals surface area contributed by atoms with Crippen LogP contribution in [0.2, 0.25) is 0 Å². The number of hydrogen-bond donors (Lipinski definition) is 0. The van der Waals surface area contributed by atoms with Crippen molar-refractivity contribution in [2.45, 2.75) is 11.8 Å². The Bertz CT molecular complexity index is 880. The van der Waals surface area contributed by atoms with E-state index in [0.29, 0.717) is 45.0 Å². The molecule has 2 aromatic carbocycles. The topological polar surface area (TPSA) is 42.0 Å². The van der Waals surface area contributed by atoms with E-state index in [1.54, 1.807) is 24.1 Å². The molecule has 2 aliphatic heterocycles. The number of anilines is 1. The maximum absolute atomic E-state index is 12.8. The Morgan fingerprint density at radius 1 is 0.967 bits per heavy atom. The van der Waals surface area contributed by atoms with E-state index in [2.05, 4.69) is 0 Å². The summed E-state index contributed by atoms with van der Waals surface area (Å²) < 4.78 is 49.0. The summed E-state index contributed by atoms with van der Waals surface area (Å²) in [6, 6.07) is 12.6. The van der Waals surface area contributed by atoms with Crippen molar-refractivity contribution < 1.29 is 27.4 Å². The number of alkyl halides is 3. The molecule has 0 aliphatic carbocycles. The largest absolute Gasteiger partial charge is 0.416 e. The average Bonchev–Trinajstić information content (AvgIpc) is 2.73. The number of hydrogen-bond acceptors (Lipinski definition) is 4. The van der Waals surface area contributed by atoms with Crippen LogP contribution in [0.4, 0.5) is 18.9 Å². The van der Waals surface area contributed by atoms with Gasteiger partial charge in [0.15, 0.2) is 0 Å². The van der Waals surface area contributed by atoms with Crippen molar-refractivity contribution in [3.63, 3.8) is 0 Å². The number of ether oxygens (including phenoxy) is 2. The Hall–Kier alpha value is -2.58. The SMILES string of the molecule is COC1(c2ccc(C(=O)N3CCN(c4ccc(C(F)(F)F)cc4)CC3)cc2)COC1. The summed E-state index contributed by atoms with van der Waals surface area (Å²) in [5.41, 5.74) is 1.24. The summed E-state index contributed by atoms with van der Waals surface area (Å²) in [7, 11) is 1.65. The lowest BCUT2D eigenvalue weighted by molar-refractivity contribution is -0.202. The third-order valence-electron chi connectivity index (χ3n) is 5.85. The van der Waals surface area contributed by atoms with Gasteiger partial charge in [-0.15, -0.1) is 0 Å². The third kappa shape index (κ3) is 3.89. The van der Waals surface area contributed by atoms with Crippen molar-refractivity contribution in [3.05, 3.63) is 65.2 Å². The molecule has 4 rings (SSSR count). The minimum Gasteiger partial charge on any atom is -0.375 e. The minimum absolute atomic E-state index is 0.0510. The van der Waals surface area contributed by atoms with E-state index in [1.165, 1.54) is 12.1 Å². The second kappa shape index (κ2) is 7.92. The molecule has 2 saturated heterocycles. The second-order valence-electron chi connectivity index (χ2n) is 7.59. The first-order valence-electron chi connectivity index (χ1n) is 9.77. The Morgan fingerprint density at radius 3 is 2.03 bits per heavy atom. The number of carbonyl (C=O) groups is 1. The zero-order valence-corrected chi connectivity index (χ0v) is 16.6. The van der Waals surface area contributed by atoms with Crippen molar-refractivity contribution in [1.29, 1.82) is 0 Å². The Kier molecular flexibility index (Phi) is 5.46. The first kappa shape index (κ1) is 20.7. The number of amides is 1. The number of methoxy groups -OCH3 is 1. The molecular weight excluding hydrogens is 397 g/mol. The summed E-state index contributed by atoms with van der Waals surface area (Å²) in [6.07, 6.45) is -4.34. The van der Waals surface area contributed by atoms with Crippen LogP contribution in [-0.4, -0.2) is 57.3 Å². The fourth-order valence-electron chi connectivity index (χ4n) is 3.82. The summed E-state index contributed by atoms with van der Waals surface area (Å²) in [5, 5.41) is 0. The molecule has 1 amide bonds. The molecule has 0 bridgehead atoms. The van der Waals surface area contributed by atoms with Gasteiger partial charge in [-0.05, 0) is 42.0 Å². The summed E-state index contributed by atoms with van der Waals surface area (Å²) in [4.78, 5) is 16.6. The molecule has 0 radical (unpaired) electrons. The molecule has 0 saturated carbocycles. The molecule has 30 heavy (non-hydrogen) atoms. The molecule has 2 heterocycles. The summed E-state index contributed by atoms with van der Waals surface area (Å²) in [6.45, 7) is 3.17. The normalized spacial score (nSPS) is 18.8. The molecule has 0 aromatic heterocycles. The highest BCUT2D eigenvalue weighted by atomic mass is 19.4. The monoisotopic (exact) mass is 420 g/mol. The van der Waals surface area contributed by atoms with E-state index >= 15 is 0 Å². The van der Waals surface area contributed by atoms with Gasteiger partial charge in [-0.1, -0.05) is 12.1 Å². The van der Waals surface area contributed by atoms with Crippen LogP contribution in [0.1, 0.15) is 21.5 Å². The molecule has 0 unspecified atom stereocenters. The van der Waals surface area contributed by atoms with Crippen LogP contribution in [0, 0.1) is 0 Å². The predicted molar refractivity (Wildman–Crippen MR) is 106 cm³/mol. The van der Waals surface area contributed by atoms with Gasteiger partial charge in [-0.3, -0.25) is 4.79 Å². The van der Waals surface area contributed by atoms with Gasteiger partial charge in [0.25, 0.3) is 5.91 Å². The Labute approximate surface area is 173 Å². The molecule has 160 valence electrons. The van der Waals surface area contributed by atoms with E-state index in [4.69, 9.17) is 9.47 Å². The van der Waals surface area contributed by atoms with Crippen molar-refractivity contribution in [3.8, 4) is 0 Å². The lowest BCUT2D eigenvalue weighted by atomic mass is 9.91. The van der Waals surface area contributed by atoms with Gasteiger partial charge in [-0.25, -0.2) is 0 Å². The zero-order valence-electron chi connectivity index (χ0n) is 16.6. The van der Waals surface area contributed by atoms with E-state index in [-0.39, 0.29) is 5.91 Å². The smallest absolute Gasteiger partial charge is 0.375 e. The number of rotatable bonds is 4. The lowest BCUT2D eigenvalue weighted by Crippen LogP contribution is -2.49. The van der Waals surface area contributed by atoms with Gasteiger partial charge in [-0.2, -0.15) is 13.2 Å². The molecule has 0 spiro atoms. The van der Waals surface area contributed by atoms with Gasteiger partial charge in [0.05, 0.1) is 18.8 Å². The molecular formula is C22H23F3N2O3. The summed E-state index contributed by atoms with van der Waals surface area (Å²) >= 11 is 0. The maximum Gasteiger partial charge on any atom is 0.416 e. The number of carbonyl (C=O) groups excluding carboxylic acids is 1. The molecule has 8 heteroatoms. The zero-order chi connectivity index (χ0) is 21.4. The van der Waals surface area contributed by atoms with Gasteiger partial charge in [0.2, 0.25) is 0 Å². The van der Waals surface area contributed by atoms with Crippen LogP contribution < -0.4 is 4.90 Å². The highest BCUT2D eigenvalue weighted by molar-refractivity contribution is 5.94. The van der Waals surface area contributed by atoms with Crippen molar-refractivity contribution in [2.75, 3.05) is 51.4 Å². The number of halogens is 3. The fourth-order valence-corrected chi connectivity index (χ4v) is 3.82. The highest BCUT2D eigenvalue weighted by Gasteiger charge is 2.40. The van der Waals surface area contributed by atoms with E-state index in [0.717, 1.165) is 23.4 Å². The number of piperazine rings is 1. The standard InChI is InChI=1S/C22H23F3N2O3/c1-29-21(14-30-15-21)17-4-2-16(3-5-17)20(28)27-12-10-26(11-13-27)19-8-6-18(7-9-19)22(23,24)25/h2-9H,10-15H2,1H3. The van der Waals surface area contributed by atoms with Crippen molar-refractivity contribution >= 4 is 11.6 Å². The Balaban J connectivity index is 1.36. The van der Waals surface area contributed by atoms with Gasteiger partial charge < -0.3 is 19.3 Å². The van der Waals surface area contributed by atoms with Gasteiger partial charge in [0, 0.05) is 44.5 Å². The first-order valence-corrected chi connectivity index (χ1v) is 9.77. The number of nitrogens with zero attached hydrogens (tertiary/aromatic N) is 2. The molecule has 2 aromatic rings. The molecule has 2 aliphatic rings. The molecule has 5 nitrogen and oxygen atoms in total. The summed E-state index contributed by atoms with van der Waals surface area (Å²) in [5.74, 6) is -0.0510. The number of benzene rings is 2. The van der Waals surface area contributed by atoms with Crippen LogP contribution in [0.15, 0.2) is 48.5 Å². The fraction of sp³-hybridized carbons (Fsp3) is 0.409. The molecule has 0 atom stereocenters. The van der Waals surface area contributed by atoms with Crippen molar-refractivity contribution in [1.82, 2.24) is 4.90 Å².